The first-order valence-corrected chi connectivity index (χ1v) is 5.49. The molecule has 7 heteroatoms. The van der Waals surface area contributed by atoms with E-state index in [1.807, 2.05) is 0 Å². The molecule has 1 rings (SSSR count). The summed E-state index contributed by atoms with van der Waals surface area (Å²) in [6, 6.07) is 5.07. The van der Waals surface area contributed by atoms with Crippen molar-refractivity contribution in [3.63, 3.8) is 0 Å². The fourth-order valence-electron chi connectivity index (χ4n) is 1.08. The zero-order chi connectivity index (χ0) is 12.9. The van der Waals surface area contributed by atoms with Gasteiger partial charge in [-0.15, -0.1) is 0 Å². The number of carbonyl (C=O) groups is 1. The van der Waals surface area contributed by atoms with Crippen LogP contribution in [0, 0.1) is 0 Å². The van der Waals surface area contributed by atoms with Crippen LogP contribution in [0.15, 0.2) is 29.2 Å². The maximum atomic E-state index is 12.0. The van der Waals surface area contributed by atoms with Gasteiger partial charge in [-0.25, -0.2) is 0 Å². The van der Waals surface area contributed by atoms with Crippen LogP contribution in [-0.2, 0) is 0 Å². The van der Waals surface area contributed by atoms with Crippen LogP contribution >= 0.6 is 11.8 Å². The highest BCUT2D eigenvalue weighted by atomic mass is 32.2. The fraction of sp³-hybridized carbons (Fsp3) is 0.300. The number of rotatable bonds is 4. The zero-order valence-electron chi connectivity index (χ0n) is 8.62. The number of aliphatic hydroxyl groups is 1. The van der Waals surface area contributed by atoms with Gasteiger partial charge in [0.05, 0.1) is 6.61 Å². The Balaban J connectivity index is 2.64. The van der Waals surface area contributed by atoms with Crippen molar-refractivity contribution in [1.82, 2.24) is 5.32 Å². The quantitative estimate of drug-likeness (QED) is 0.819. The minimum atomic E-state index is -4.33. The monoisotopic (exact) mass is 265 g/mol. The van der Waals surface area contributed by atoms with Crippen LogP contribution in [0.25, 0.3) is 0 Å². The van der Waals surface area contributed by atoms with Crippen molar-refractivity contribution in [3.05, 3.63) is 29.8 Å². The molecule has 0 atom stereocenters. The van der Waals surface area contributed by atoms with E-state index < -0.39 is 11.4 Å². The number of hydrogen-bond acceptors (Lipinski definition) is 3. The van der Waals surface area contributed by atoms with Gasteiger partial charge in [0.25, 0.3) is 5.91 Å². The van der Waals surface area contributed by atoms with Crippen LogP contribution in [0.3, 0.4) is 0 Å². The van der Waals surface area contributed by atoms with Crippen molar-refractivity contribution in [2.45, 2.75) is 10.4 Å². The summed E-state index contributed by atoms with van der Waals surface area (Å²) in [4.78, 5) is 11.4. The Kier molecular flexibility index (Phi) is 4.83. The number of amides is 1. The van der Waals surface area contributed by atoms with Crippen LogP contribution in [0.5, 0.6) is 0 Å². The normalized spacial score (nSPS) is 11.3. The largest absolute Gasteiger partial charge is 0.446 e. The highest BCUT2D eigenvalue weighted by Gasteiger charge is 2.29. The lowest BCUT2D eigenvalue weighted by molar-refractivity contribution is -0.0328. The zero-order valence-corrected chi connectivity index (χ0v) is 9.44. The van der Waals surface area contributed by atoms with Gasteiger partial charge in [-0.05, 0) is 36.0 Å². The third-order valence-electron chi connectivity index (χ3n) is 1.75. The minimum Gasteiger partial charge on any atom is -0.395 e. The van der Waals surface area contributed by atoms with Gasteiger partial charge in [-0.1, -0.05) is 0 Å². The Bertz CT molecular complexity index is 378. The molecular formula is C10H10F3NO2S. The molecule has 0 unspecified atom stereocenters. The Labute approximate surface area is 100 Å². The summed E-state index contributed by atoms with van der Waals surface area (Å²) in [5.41, 5.74) is -4.08. The molecule has 0 aliphatic heterocycles. The molecule has 94 valence electrons. The number of thioether (sulfide) groups is 1. The van der Waals surface area contributed by atoms with Gasteiger partial charge < -0.3 is 10.4 Å². The molecule has 3 nitrogen and oxygen atoms in total. The van der Waals surface area contributed by atoms with Crippen LogP contribution < -0.4 is 5.32 Å². The number of alkyl halides is 3. The molecule has 0 saturated carbocycles. The maximum Gasteiger partial charge on any atom is 0.446 e. The van der Waals surface area contributed by atoms with Gasteiger partial charge in [0.15, 0.2) is 0 Å². The van der Waals surface area contributed by atoms with Gasteiger partial charge in [0, 0.05) is 17.0 Å². The standard InChI is InChI=1S/C10H10F3NO2S/c11-10(12,13)17-8-3-1-7(2-4-8)9(16)14-5-6-15/h1-4,15H,5-6H2,(H,14,16). The summed E-state index contributed by atoms with van der Waals surface area (Å²) in [6.07, 6.45) is 0. The highest BCUT2D eigenvalue weighted by molar-refractivity contribution is 8.00. The Morgan fingerprint density at radius 3 is 2.35 bits per heavy atom. The molecule has 1 aromatic carbocycles. The summed E-state index contributed by atoms with van der Waals surface area (Å²) >= 11 is -0.233. The lowest BCUT2D eigenvalue weighted by Gasteiger charge is -2.06. The first-order chi connectivity index (χ1) is 7.92. The van der Waals surface area contributed by atoms with E-state index >= 15 is 0 Å². The van der Waals surface area contributed by atoms with Crippen molar-refractivity contribution in [1.29, 1.82) is 0 Å². The van der Waals surface area contributed by atoms with E-state index in [-0.39, 0.29) is 35.4 Å². The van der Waals surface area contributed by atoms with Crippen molar-refractivity contribution in [2.75, 3.05) is 13.2 Å². The highest BCUT2D eigenvalue weighted by Crippen LogP contribution is 2.36. The van der Waals surface area contributed by atoms with Gasteiger partial charge in [-0.2, -0.15) is 13.2 Å². The molecule has 2 N–H and O–H groups in total. The Morgan fingerprint density at radius 1 is 1.29 bits per heavy atom. The summed E-state index contributed by atoms with van der Waals surface area (Å²) < 4.78 is 36.1. The number of carbonyl (C=O) groups excluding carboxylic acids is 1. The molecule has 0 radical (unpaired) electrons. The number of hydrogen-bond donors (Lipinski definition) is 2. The predicted octanol–water partition coefficient (Wildman–Crippen LogP) is 2.02. The molecular weight excluding hydrogens is 255 g/mol. The van der Waals surface area contributed by atoms with Crippen LogP contribution in [0.4, 0.5) is 13.2 Å². The first-order valence-electron chi connectivity index (χ1n) is 4.67. The third kappa shape index (κ3) is 5.10. The summed E-state index contributed by atoms with van der Waals surface area (Å²) in [6.45, 7) is -0.0777. The lowest BCUT2D eigenvalue weighted by Crippen LogP contribution is -2.26. The molecule has 0 bridgehead atoms. The minimum absolute atomic E-state index is 0.0243. The molecule has 1 aromatic rings. The molecule has 0 aliphatic rings. The van der Waals surface area contributed by atoms with E-state index in [2.05, 4.69) is 5.32 Å². The number of nitrogens with one attached hydrogen (secondary N) is 1. The molecule has 0 saturated heterocycles. The topological polar surface area (TPSA) is 49.3 Å². The molecule has 17 heavy (non-hydrogen) atoms. The third-order valence-corrected chi connectivity index (χ3v) is 2.49. The van der Waals surface area contributed by atoms with E-state index in [9.17, 15) is 18.0 Å². The number of halogens is 3. The summed E-state index contributed by atoms with van der Waals surface area (Å²) in [7, 11) is 0. The average Bonchev–Trinajstić information content (AvgIpc) is 2.24. The molecule has 0 heterocycles. The number of benzene rings is 1. The number of aliphatic hydroxyl groups excluding tert-OH is 1. The predicted molar refractivity (Wildman–Crippen MR) is 57.8 cm³/mol. The van der Waals surface area contributed by atoms with Crippen molar-refractivity contribution >= 4 is 17.7 Å². The van der Waals surface area contributed by atoms with Crippen LogP contribution in [-0.4, -0.2) is 29.7 Å². The Morgan fingerprint density at radius 2 is 1.88 bits per heavy atom. The van der Waals surface area contributed by atoms with Gasteiger partial charge in [0.1, 0.15) is 0 Å². The molecule has 0 aromatic heterocycles. The SMILES string of the molecule is O=C(NCCO)c1ccc(SC(F)(F)F)cc1. The molecule has 0 aliphatic carbocycles. The Hall–Kier alpha value is -1.21. The second-order valence-electron chi connectivity index (χ2n) is 3.05. The molecule has 0 spiro atoms. The van der Waals surface area contributed by atoms with Crippen LogP contribution in [0.2, 0.25) is 0 Å². The van der Waals surface area contributed by atoms with E-state index in [4.69, 9.17) is 5.11 Å². The second-order valence-corrected chi connectivity index (χ2v) is 4.19. The smallest absolute Gasteiger partial charge is 0.395 e. The first kappa shape index (κ1) is 13.9. The lowest BCUT2D eigenvalue weighted by atomic mass is 10.2. The van der Waals surface area contributed by atoms with Crippen molar-refractivity contribution in [3.8, 4) is 0 Å². The van der Waals surface area contributed by atoms with Crippen LogP contribution in [0.1, 0.15) is 10.4 Å². The van der Waals surface area contributed by atoms with E-state index in [0.29, 0.717) is 0 Å². The summed E-state index contributed by atoms with van der Waals surface area (Å²) in [5.74, 6) is -0.428. The van der Waals surface area contributed by atoms with E-state index in [0.717, 1.165) is 0 Å². The summed E-state index contributed by atoms with van der Waals surface area (Å²) in [5, 5.41) is 10.9. The second kappa shape index (κ2) is 5.92. The van der Waals surface area contributed by atoms with Gasteiger partial charge in [0.2, 0.25) is 0 Å². The average molecular weight is 265 g/mol. The van der Waals surface area contributed by atoms with E-state index in [1.165, 1.54) is 24.3 Å². The van der Waals surface area contributed by atoms with Gasteiger partial charge in [-0.3, -0.25) is 4.79 Å². The molecule has 1 amide bonds. The van der Waals surface area contributed by atoms with Gasteiger partial charge >= 0.3 is 5.51 Å². The van der Waals surface area contributed by atoms with Crippen molar-refractivity contribution < 1.29 is 23.1 Å². The fourth-order valence-corrected chi connectivity index (χ4v) is 1.62. The van der Waals surface area contributed by atoms with E-state index in [1.54, 1.807) is 0 Å². The maximum absolute atomic E-state index is 12.0. The van der Waals surface area contributed by atoms with Crippen molar-refractivity contribution in [2.24, 2.45) is 0 Å². The molecule has 0 fully saturated rings.